The molecule has 17 heavy (non-hydrogen) atoms. The predicted octanol–water partition coefficient (Wildman–Crippen LogP) is 3.32. The van der Waals surface area contributed by atoms with Crippen LogP contribution in [0.1, 0.15) is 12.0 Å². The van der Waals surface area contributed by atoms with Gasteiger partial charge in [0.05, 0.1) is 12.0 Å². The smallest absolute Gasteiger partial charge is 0.128 e. The Morgan fingerprint density at radius 1 is 1.53 bits per heavy atom. The van der Waals surface area contributed by atoms with Crippen LogP contribution in [0.2, 0.25) is 0 Å². The third kappa shape index (κ3) is 5.82. The molecule has 0 aliphatic heterocycles. The maximum Gasteiger partial charge on any atom is 0.128 e. The molecule has 1 rings (SSSR count). The largest absolute Gasteiger partial charge is 0.383 e. The van der Waals surface area contributed by atoms with Crippen LogP contribution in [-0.2, 0) is 11.3 Å². The molecule has 0 saturated carbocycles. The van der Waals surface area contributed by atoms with Gasteiger partial charge in [-0.05, 0) is 25.1 Å². The Hall–Kier alpha value is -0.160. The second-order valence-corrected chi connectivity index (χ2v) is 5.29. The highest BCUT2D eigenvalue weighted by molar-refractivity contribution is 9.10. The fourth-order valence-corrected chi connectivity index (χ4v) is 1.98. The van der Waals surface area contributed by atoms with Gasteiger partial charge >= 0.3 is 0 Å². The van der Waals surface area contributed by atoms with Crippen molar-refractivity contribution in [3.8, 4) is 0 Å². The first-order valence-electron chi connectivity index (χ1n) is 5.41. The minimum Gasteiger partial charge on any atom is -0.383 e. The van der Waals surface area contributed by atoms with Crippen LogP contribution >= 0.6 is 27.5 Å². The molecule has 0 radical (unpaired) electrons. The van der Waals surface area contributed by atoms with Crippen LogP contribution in [0, 0.1) is 5.82 Å². The highest BCUT2D eigenvalue weighted by Crippen LogP contribution is 2.15. The molecule has 1 aromatic carbocycles. The summed E-state index contributed by atoms with van der Waals surface area (Å²) in [5, 5.41) is 3.16. The summed E-state index contributed by atoms with van der Waals surface area (Å²) >= 11 is 9.19. The monoisotopic (exact) mass is 323 g/mol. The zero-order chi connectivity index (χ0) is 12.7. The van der Waals surface area contributed by atoms with E-state index in [4.69, 9.17) is 16.3 Å². The highest BCUT2D eigenvalue weighted by Gasteiger charge is 2.05. The van der Waals surface area contributed by atoms with Crippen molar-refractivity contribution in [1.29, 1.82) is 0 Å². The Bertz CT molecular complexity index is 351. The van der Waals surface area contributed by atoms with Gasteiger partial charge in [-0.15, -0.1) is 11.6 Å². The molecule has 0 amide bonds. The van der Waals surface area contributed by atoms with Gasteiger partial charge in [-0.1, -0.05) is 22.0 Å². The molecule has 0 spiro atoms. The van der Waals surface area contributed by atoms with Crippen molar-refractivity contribution >= 4 is 27.5 Å². The summed E-state index contributed by atoms with van der Waals surface area (Å²) in [4.78, 5) is 0. The third-order valence-electron chi connectivity index (χ3n) is 2.31. The molecular formula is C12H16BrClFNO. The molecule has 5 heteroatoms. The van der Waals surface area contributed by atoms with E-state index in [1.807, 2.05) is 6.07 Å². The van der Waals surface area contributed by atoms with E-state index < -0.39 is 0 Å². The molecule has 1 aromatic rings. The molecule has 1 atom stereocenters. The normalized spacial score (nSPS) is 12.7. The lowest BCUT2D eigenvalue weighted by Gasteiger charge is -2.09. The van der Waals surface area contributed by atoms with E-state index in [1.54, 1.807) is 13.2 Å². The zero-order valence-electron chi connectivity index (χ0n) is 9.68. The van der Waals surface area contributed by atoms with Crippen molar-refractivity contribution in [2.45, 2.75) is 18.3 Å². The van der Waals surface area contributed by atoms with Crippen molar-refractivity contribution in [3.63, 3.8) is 0 Å². The number of benzene rings is 1. The molecule has 2 nitrogen and oxygen atoms in total. The summed E-state index contributed by atoms with van der Waals surface area (Å²) in [7, 11) is 1.63. The van der Waals surface area contributed by atoms with Gasteiger partial charge in [0.2, 0.25) is 0 Å². The average molecular weight is 325 g/mol. The summed E-state index contributed by atoms with van der Waals surface area (Å²) in [6.45, 7) is 1.79. The van der Waals surface area contributed by atoms with Crippen molar-refractivity contribution in [1.82, 2.24) is 5.32 Å². The zero-order valence-corrected chi connectivity index (χ0v) is 12.0. The van der Waals surface area contributed by atoms with E-state index in [0.717, 1.165) is 17.4 Å². The molecule has 1 N–H and O–H groups in total. The summed E-state index contributed by atoms with van der Waals surface area (Å²) in [5.74, 6) is -0.203. The van der Waals surface area contributed by atoms with E-state index in [1.165, 1.54) is 6.07 Å². The van der Waals surface area contributed by atoms with Crippen molar-refractivity contribution < 1.29 is 9.13 Å². The maximum atomic E-state index is 13.4. The van der Waals surface area contributed by atoms with Crippen molar-refractivity contribution in [2.24, 2.45) is 0 Å². The quantitative estimate of drug-likeness (QED) is 0.614. The number of alkyl halides is 1. The van der Waals surface area contributed by atoms with Gasteiger partial charge < -0.3 is 10.1 Å². The summed E-state index contributed by atoms with van der Waals surface area (Å²) in [6.07, 6.45) is 0.799. The Labute approximate surface area is 115 Å². The molecule has 96 valence electrons. The lowest BCUT2D eigenvalue weighted by molar-refractivity contribution is 0.195. The van der Waals surface area contributed by atoms with E-state index in [-0.39, 0.29) is 11.2 Å². The third-order valence-corrected chi connectivity index (χ3v) is 3.15. The minimum atomic E-state index is -0.203. The van der Waals surface area contributed by atoms with Gasteiger partial charge in [-0.2, -0.15) is 0 Å². The van der Waals surface area contributed by atoms with Crippen molar-refractivity contribution in [2.75, 3.05) is 20.3 Å². The Balaban J connectivity index is 2.26. The summed E-state index contributed by atoms with van der Waals surface area (Å²) in [6, 6.07) is 5.06. The number of methoxy groups -OCH3 is 1. The van der Waals surface area contributed by atoms with Gasteiger partial charge in [0.1, 0.15) is 5.82 Å². The van der Waals surface area contributed by atoms with Gasteiger partial charge in [0.15, 0.2) is 0 Å². The standard InChI is InChI=1S/C12H16BrClFNO/c1-17-8-11(14)4-5-16-7-9-2-3-10(13)6-12(9)15/h2-3,6,11,16H,4-5,7-8H2,1H3. The van der Waals surface area contributed by atoms with Crippen LogP contribution in [-0.4, -0.2) is 25.6 Å². The van der Waals surface area contributed by atoms with Crippen LogP contribution in [0.25, 0.3) is 0 Å². The average Bonchev–Trinajstić information content (AvgIpc) is 2.27. The molecule has 0 bridgehead atoms. The summed E-state index contributed by atoms with van der Waals surface area (Å²) < 4.78 is 19.1. The minimum absolute atomic E-state index is 0.00210. The maximum absolute atomic E-state index is 13.4. The van der Waals surface area contributed by atoms with Crippen LogP contribution < -0.4 is 5.32 Å². The Morgan fingerprint density at radius 3 is 2.94 bits per heavy atom. The molecule has 0 aliphatic rings. The fraction of sp³-hybridized carbons (Fsp3) is 0.500. The van der Waals surface area contributed by atoms with Crippen LogP contribution in [0.15, 0.2) is 22.7 Å². The van der Waals surface area contributed by atoms with E-state index in [2.05, 4.69) is 21.2 Å². The summed E-state index contributed by atoms with van der Waals surface area (Å²) in [5.41, 5.74) is 0.658. The number of hydrogen-bond donors (Lipinski definition) is 1. The van der Waals surface area contributed by atoms with Gasteiger partial charge in [-0.3, -0.25) is 0 Å². The van der Waals surface area contributed by atoms with E-state index >= 15 is 0 Å². The lowest BCUT2D eigenvalue weighted by atomic mass is 10.2. The first kappa shape index (κ1) is 14.9. The van der Waals surface area contributed by atoms with Crippen LogP contribution in [0.5, 0.6) is 0 Å². The predicted molar refractivity (Wildman–Crippen MR) is 71.9 cm³/mol. The molecule has 0 aliphatic carbocycles. The number of halogens is 3. The van der Waals surface area contributed by atoms with E-state index in [0.29, 0.717) is 18.7 Å². The Morgan fingerprint density at radius 2 is 2.29 bits per heavy atom. The SMILES string of the molecule is COCC(Cl)CCNCc1ccc(Br)cc1F. The molecule has 0 saturated heterocycles. The van der Waals surface area contributed by atoms with Gasteiger partial charge in [0, 0.05) is 23.7 Å². The number of ether oxygens (including phenoxy) is 1. The fourth-order valence-electron chi connectivity index (χ4n) is 1.41. The first-order valence-corrected chi connectivity index (χ1v) is 6.64. The molecule has 1 unspecified atom stereocenters. The molecular weight excluding hydrogens is 308 g/mol. The Kier molecular flexibility index (Phi) is 7.04. The topological polar surface area (TPSA) is 21.3 Å². The first-order chi connectivity index (χ1) is 8.13. The van der Waals surface area contributed by atoms with Crippen LogP contribution in [0.3, 0.4) is 0 Å². The molecule has 0 fully saturated rings. The number of nitrogens with one attached hydrogen (secondary N) is 1. The number of hydrogen-bond acceptors (Lipinski definition) is 2. The van der Waals surface area contributed by atoms with Gasteiger partial charge in [0.25, 0.3) is 0 Å². The molecule has 0 aromatic heterocycles. The second kappa shape index (κ2) is 8.03. The number of rotatable bonds is 7. The van der Waals surface area contributed by atoms with Crippen molar-refractivity contribution in [3.05, 3.63) is 34.1 Å². The van der Waals surface area contributed by atoms with Gasteiger partial charge in [-0.25, -0.2) is 4.39 Å². The van der Waals surface area contributed by atoms with E-state index in [9.17, 15) is 4.39 Å². The molecule has 0 heterocycles. The highest BCUT2D eigenvalue weighted by atomic mass is 79.9. The second-order valence-electron chi connectivity index (χ2n) is 3.75. The van der Waals surface area contributed by atoms with Crippen LogP contribution in [0.4, 0.5) is 4.39 Å². The lowest BCUT2D eigenvalue weighted by Crippen LogP contribution is -2.20.